The van der Waals surface area contributed by atoms with Crippen molar-refractivity contribution in [3.63, 3.8) is 0 Å². The Hall–Kier alpha value is -2.65. The smallest absolute Gasteiger partial charge is 0.165 e. The van der Waals surface area contributed by atoms with Crippen LogP contribution in [0.15, 0.2) is 60.7 Å². The van der Waals surface area contributed by atoms with E-state index >= 15 is 0 Å². The molecule has 3 aromatic rings. The summed E-state index contributed by atoms with van der Waals surface area (Å²) in [7, 11) is 0. The number of rotatable bonds is 2. The first-order valence-corrected chi connectivity index (χ1v) is 8.98. The molecule has 1 aromatic heterocycles. The largest absolute Gasteiger partial charge is 0.386 e. The maximum atomic E-state index is 12.8. The second kappa shape index (κ2) is 5.96. The van der Waals surface area contributed by atoms with Crippen molar-refractivity contribution in [2.24, 2.45) is 5.41 Å². The fraction of sp³-hybridized carbons (Fsp3) is 0.261. The Morgan fingerprint density at radius 1 is 1.04 bits per heavy atom. The van der Waals surface area contributed by atoms with Gasteiger partial charge < -0.3 is 9.67 Å². The third-order valence-electron chi connectivity index (χ3n) is 5.32. The van der Waals surface area contributed by atoms with Gasteiger partial charge in [0.05, 0.1) is 11.4 Å². The molecule has 1 aliphatic rings. The third kappa shape index (κ3) is 2.60. The Bertz CT molecular complexity index is 965. The Labute approximate surface area is 153 Å². The van der Waals surface area contributed by atoms with Crippen molar-refractivity contribution in [3.8, 4) is 16.9 Å². The fourth-order valence-electron chi connectivity index (χ4n) is 3.79. The summed E-state index contributed by atoms with van der Waals surface area (Å²) in [6, 6.07) is 20.2. The molecule has 1 atom stereocenters. The zero-order chi connectivity index (χ0) is 18.5. The number of hydrogen-bond donors (Lipinski definition) is 1. The number of Topliss-reactive ketones (excluding diaryl/α,β-unsaturated/α-hetero) is 1. The molecule has 1 unspecified atom stereocenters. The van der Waals surface area contributed by atoms with Gasteiger partial charge in [0.1, 0.15) is 6.10 Å². The molecule has 26 heavy (non-hydrogen) atoms. The third-order valence-corrected chi connectivity index (χ3v) is 5.32. The second-order valence-corrected chi connectivity index (χ2v) is 7.86. The predicted molar refractivity (Wildman–Crippen MR) is 104 cm³/mol. The number of carbonyl (C=O) groups is 1. The molecular weight excluding hydrogens is 322 g/mol. The SMILES string of the molecule is Cc1ccc(-n2c(-c3ccccc3)cc3c2C(O)C(C)(C)CC3=O)cc1. The maximum Gasteiger partial charge on any atom is 0.165 e. The molecule has 132 valence electrons. The van der Waals surface area contributed by atoms with E-state index in [-0.39, 0.29) is 5.78 Å². The van der Waals surface area contributed by atoms with Crippen molar-refractivity contribution < 1.29 is 9.90 Å². The maximum absolute atomic E-state index is 12.8. The summed E-state index contributed by atoms with van der Waals surface area (Å²) >= 11 is 0. The van der Waals surface area contributed by atoms with E-state index in [1.807, 2.05) is 66.9 Å². The minimum atomic E-state index is -0.700. The molecule has 0 saturated heterocycles. The lowest BCUT2D eigenvalue weighted by Crippen LogP contribution is -2.32. The van der Waals surface area contributed by atoms with Gasteiger partial charge in [-0.05, 0) is 30.7 Å². The minimum absolute atomic E-state index is 0.0957. The molecule has 1 aliphatic carbocycles. The molecule has 3 heteroatoms. The lowest BCUT2D eigenvalue weighted by atomic mass is 9.74. The van der Waals surface area contributed by atoms with Crippen molar-refractivity contribution in [2.45, 2.75) is 33.3 Å². The summed E-state index contributed by atoms with van der Waals surface area (Å²) in [6.07, 6.45) is -0.346. The van der Waals surface area contributed by atoms with Gasteiger partial charge in [-0.2, -0.15) is 0 Å². The highest BCUT2D eigenvalue weighted by atomic mass is 16.3. The van der Waals surface area contributed by atoms with Crippen LogP contribution in [0.1, 0.15) is 48.0 Å². The number of ketones is 1. The van der Waals surface area contributed by atoms with Gasteiger partial charge in [-0.1, -0.05) is 61.9 Å². The van der Waals surface area contributed by atoms with Crippen LogP contribution in [0.4, 0.5) is 0 Å². The number of aryl methyl sites for hydroxylation is 1. The monoisotopic (exact) mass is 345 g/mol. The number of aliphatic hydroxyl groups is 1. The van der Waals surface area contributed by atoms with Gasteiger partial charge in [-0.15, -0.1) is 0 Å². The van der Waals surface area contributed by atoms with Crippen molar-refractivity contribution in [2.75, 3.05) is 0 Å². The van der Waals surface area contributed by atoms with Gasteiger partial charge in [-0.25, -0.2) is 0 Å². The van der Waals surface area contributed by atoms with Crippen molar-refractivity contribution in [1.82, 2.24) is 4.57 Å². The van der Waals surface area contributed by atoms with Crippen LogP contribution >= 0.6 is 0 Å². The molecule has 4 rings (SSSR count). The van der Waals surface area contributed by atoms with Crippen LogP contribution in [0, 0.1) is 12.3 Å². The van der Waals surface area contributed by atoms with Gasteiger partial charge in [0.25, 0.3) is 0 Å². The summed E-state index contributed by atoms with van der Waals surface area (Å²) in [5.74, 6) is 0.0957. The average molecular weight is 345 g/mol. The molecule has 0 fully saturated rings. The highest BCUT2D eigenvalue weighted by molar-refractivity contribution is 6.00. The number of carbonyl (C=O) groups excluding carboxylic acids is 1. The molecule has 1 N–H and O–H groups in total. The first-order chi connectivity index (χ1) is 12.4. The normalized spacial score (nSPS) is 18.6. The van der Waals surface area contributed by atoms with Crippen LogP contribution in [-0.2, 0) is 0 Å². The lowest BCUT2D eigenvalue weighted by Gasteiger charge is -2.35. The van der Waals surface area contributed by atoms with E-state index in [1.54, 1.807) is 0 Å². The Kier molecular flexibility index (Phi) is 3.85. The van der Waals surface area contributed by atoms with Gasteiger partial charge in [0.15, 0.2) is 5.78 Å². The molecule has 0 spiro atoms. The minimum Gasteiger partial charge on any atom is -0.386 e. The Balaban J connectivity index is 2.04. The van der Waals surface area contributed by atoms with E-state index in [1.165, 1.54) is 5.56 Å². The predicted octanol–water partition coefficient (Wildman–Crippen LogP) is 5.10. The lowest BCUT2D eigenvalue weighted by molar-refractivity contribution is 0.0281. The van der Waals surface area contributed by atoms with E-state index in [0.29, 0.717) is 17.7 Å². The zero-order valence-corrected chi connectivity index (χ0v) is 15.4. The van der Waals surface area contributed by atoms with Crippen LogP contribution in [0.25, 0.3) is 16.9 Å². The number of nitrogens with zero attached hydrogens (tertiary/aromatic N) is 1. The highest BCUT2D eigenvalue weighted by Crippen LogP contribution is 2.46. The fourth-order valence-corrected chi connectivity index (χ4v) is 3.79. The van der Waals surface area contributed by atoms with Crippen molar-refractivity contribution >= 4 is 5.78 Å². The molecule has 0 bridgehead atoms. The van der Waals surface area contributed by atoms with Crippen LogP contribution < -0.4 is 0 Å². The molecule has 0 aliphatic heterocycles. The van der Waals surface area contributed by atoms with Crippen LogP contribution in [0.3, 0.4) is 0 Å². The Morgan fingerprint density at radius 3 is 2.35 bits per heavy atom. The standard InChI is InChI=1S/C23H23NO2/c1-15-9-11-17(12-10-15)24-19(16-7-5-4-6-8-16)13-18-20(25)14-23(2,3)22(26)21(18)24/h4-13,22,26H,14H2,1-3H3. The number of benzene rings is 2. The topological polar surface area (TPSA) is 42.2 Å². The summed E-state index contributed by atoms with van der Waals surface area (Å²) in [6.45, 7) is 5.95. The van der Waals surface area contributed by atoms with Crippen molar-refractivity contribution in [3.05, 3.63) is 77.5 Å². The van der Waals surface area contributed by atoms with Gasteiger partial charge in [0.2, 0.25) is 0 Å². The highest BCUT2D eigenvalue weighted by Gasteiger charge is 2.42. The van der Waals surface area contributed by atoms with Gasteiger partial charge in [0, 0.05) is 23.1 Å². The quantitative estimate of drug-likeness (QED) is 0.702. The summed E-state index contributed by atoms with van der Waals surface area (Å²) < 4.78 is 2.05. The van der Waals surface area contributed by atoms with Gasteiger partial charge in [-0.3, -0.25) is 4.79 Å². The van der Waals surface area contributed by atoms with E-state index in [2.05, 4.69) is 19.1 Å². The van der Waals surface area contributed by atoms with Crippen LogP contribution in [0.5, 0.6) is 0 Å². The zero-order valence-electron chi connectivity index (χ0n) is 15.4. The van der Waals surface area contributed by atoms with Crippen LogP contribution in [-0.4, -0.2) is 15.5 Å². The summed E-state index contributed by atoms with van der Waals surface area (Å²) in [5, 5.41) is 11.1. The summed E-state index contributed by atoms with van der Waals surface area (Å²) in [4.78, 5) is 12.8. The van der Waals surface area contributed by atoms with Crippen LogP contribution in [0.2, 0.25) is 0 Å². The molecular formula is C23H23NO2. The molecule has 0 amide bonds. The van der Waals surface area contributed by atoms with Gasteiger partial charge >= 0.3 is 0 Å². The van der Waals surface area contributed by atoms with E-state index in [0.717, 1.165) is 16.9 Å². The molecule has 0 saturated carbocycles. The van der Waals surface area contributed by atoms with Crippen molar-refractivity contribution in [1.29, 1.82) is 0 Å². The van der Waals surface area contributed by atoms with E-state index in [9.17, 15) is 9.90 Å². The first kappa shape index (κ1) is 16.8. The second-order valence-electron chi connectivity index (χ2n) is 7.86. The molecule has 0 radical (unpaired) electrons. The molecule has 2 aromatic carbocycles. The number of fused-ring (bicyclic) bond motifs is 1. The number of aliphatic hydroxyl groups excluding tert-OH is 1. The first-order valence-electron chi connectivity index (χ1n) is 8.98. The summed E-state index contributed by atoms with van der Waals surface area (Å²) in [5.41, 5.74) is 4.95. The number of hydrogen-bond acceptors (Lipinski definition) is 2. The Morgan fingerprint density at radius 2 is 1.69 bits per heavy atom. The number of aromatic nitrogens is 1. The average Bonchev–Trinajstić information content (AvgIpc) is 3.02. The van der Waals surface area contributed by atoms with E-state index in [4.69, 9.17) is 0 Å². The molecule has 1 heterocycles. The van der Waals surface area contributed by atoms with E-state index < -0.39 is 11.5 Å². The molecule has 3 nitrogen and oxygen atoms in total.